The van der Waals surface area contributed by atoms with Crippen LogP contribution in [0.2, 0.25) is 0 Å². The zero-order chi connectivity index (χ0) is 26.3. The number of ether oxygens (including phenoxy) is 2. The second-order valence-electron chi connectivity index (χ2n) is 8.28. The molecule has 38 heavy (non-hydrogen) atoms. The predicted octanol–water partition coefficient (Wildman–Crippen LogP) is 6.51. The van der Waals surface area contributed by atoms with Crippen molar-refractivity contribution in [2.45, 2.75) is 6.61 Å². The van der Waals surface area contributed by atoms with Gasteiger partial charge in [0.05, 0.1) is 21.5 Å². The molecule has 5 rings (SSSR count). The number of esters is 1. The van der Waals surface area contributed by atoms with Crippen LogP contribution in [0, 0.1) is 10.1 Å². The Morgan fingerprint density at radius 3 is 2.34 bits per heavy atom. The van der Waals surface area contributed by atoms with Crippen molar-refractivity contribution in [1.82, 2.24) is 9.97 Å². The lowest BCUT2D eigenvalue weighted by Gasteiger charge is -2.10. The molecule has 0 spiro atoms. The van der Waals surface area contributed by atoms with Gasteiger partial charge in [-0.15, -0.1) is 0 Å². The molecule has 8 heteroatoms. The van der Waals surface area contributed by atoms with Gasteiger partial charge in [0.2, 0.25) is 5.88 Å². The van der Waals surface area contributed by atoms with Crippen molar-refractivity contribution < 1.29 is 19.2 Å². The van der Waals surface area contributed by atoms with Crippen molar-refractivity contribution in [2.24, 2.45) is 0 Å². The number of nitro benzene ring substituents is 1. The van der Waals surface area contributed by atoms with Crippen LogP contribution in [0.5, 0.6) is 11.6 Å². The average molecular weight is 504 g/mol. The van der Waals surface area contributed by atoms with E-state index < -0.39 is 10.9 Å². The molecule has 5 aromatic rings. The number of para-hydroxylation sites is 3. The average Bonchev–Trinajstić information content (AvgIpc) is 2.95. The van der Waals surface area contributed by atoms with Gasteiger partial charge in [0.25, 0.3) is 5.69 Å². The summed E-state index contributed by atoms with van der Waals surface area (Å²) in [5, 5.41) is 11.1. The van der Waals surface area contributed by atoms with Crippen LogP contribution in [-0.2, 0) is 6.61 Å². The summed E-state index contributed by atoms with van der Waals surface area (Å²) in [6, 6.07) is 29.6. The van der Waals surface area contributed by atoms with Crippen LogP contribution < -0.4 is 9.47 Å². The van der Waals surface area contributed by atoms with Gasteiger partial charge in [-0.2, -0.15) is 0 Å². The number of benzene rings is 4. The fourth-order valence-corrected chi connectivity index (χ4v) is 3.72. The first-order chi connectivity index (χ1) is 18.5. The normalized spacial score (nSPS) is 10.9. The molecule has 0 saturated heterocycles. The van der Waals surface area contributed by atoms with Crippen LogP contribution in [-0.4, -0.2) is 20.9 Å². The number of carbonyl (C=O) groups excluding carboxylic acids is 1. The summed E-state index contributed by atoms with van der Waals surface area (Å²) in [6.07, 6.45) is 3.43. The standard InChI is InChI=1S/C30H21N3O5/c34-30(38-25-12-2-1-3-13-25)23-10-6-9-22(18-23)20-37-29-28(31-26-14-4-5-15-27(26)32-29)17-16-21-8-7-11-24(19-21)33(35)36/h1-19H,20H2/b17-16+. The van der Waals surface area contributed by atoms with Crippen LogP contribution in [0.15, 0.2) is 103 Å². The van der Waals surface area contributed by atoms with E-state index in [0.29, 0.717) is 39.5 Å². The van der Waals surface area contributed by atoms with E-state index in [9.17, 15) is 14.9 Å². The van der Waals surface area contributed by atoms with Crippen molar-refractivity contribution in [1.29, 1.82) is 0 Å². The number of rotatable bonds is 8. The molecule has 0 fully saturated rings. The Morgan fingerprint density at radius 1 is 0.816 bits per heavy atom. The maximum absolute atomic E-state index is 12.6. The van der Waals surface area contributed by atoms with Crippen molar-refractivity contribution in [3.8, 4) is 11.6 Å². The molecule has 0 aliphatic carbocycles. The lowest BCUT2D eigenvalue weighted by atomic mass is 10.1. The molecule has 0 unspecified atom stereocenters. The maximum Gasteiger partial charge on any atom is 0.343 e. The number of aromatic nitrogens is 2. The summed E-state index contributed by atoms with van der Waals surface area (Å²) in [7, 11) is 0. The summed E-state index contributed by atoms with van der Waals surface area (Å²) in [5.74, 6) is 0.289. The first-order valence-corrected chi connectivity index (χ1v) is 11.7. The number of carbonyl (C=O) groups is 1. The van der Waals surface area contributed by atoms with Crippen LogP contribution in [0.25, 0.3) is 23.2 Å². The minimum Gasteiger partial charge on any atom is -0.471 e. The van der Waals surface area contributed by atoms with Crippen molar-refractivity contribution >= 4 is 34.8 Å². The van der Waals surface area contributed by atoms with E-state index >= 15 is 0 Å². The molecule has 1 aromatic heterocycles. The molecule has 0 radical (unpaired) electrons. The Morgan fingerprint density at radius 2 is 1.55 bits per heavy atom. The zero-order valence-electron chi connectivity index (χ0n) is 20.1. The SMILES string of the molecule is O=C(Oc1ccccc1)c1cccc(COc2nc3ccccc3nc2/C=C/c2cccc([N+](=O)[O-])c2)c1. The van der Waals surface area contributed by atoms with Crippen molar-refractivity contribution in [2.75, 3.05) is 0 Å². The third-order valence-corrected chi connectivity index (χ3v) is 5.57. The monoisotopic (exact) mass is 503 g/mol. The molecule has 0 N–H and O–H groups in total. The number of non-ortho nitro benzene ring substituents is 1. The Balaban J connectivity index is 1.38. The maximum atomic E-state index is 12.6. The Labute approximate surface area is 218 Å². The number of nitro groups is 1. The second-order valence-corrected chi connectivity index (χ2v) is 8.28. The minimum absolute atomic E-state index is 0.00103. The predicted molar refractivity (Wildman–Crippen MR) is 144 cm³/mol. The van der Waals surface area contributed by atoms with Crippen LogP contribution in [0.1, 0.15) is 27.2 Å². The topological polar surface area (TPSA) is 104 Å². The lowest BCUT2D eigenvalue weighted by Crippen LogP contribution is -2.09. The fraction of sp³-hybridized carbons (Fsp3) is 0.0333. The van der Waals surface area contributed by atoms with E-state index in [-0.39, 0.29) is 12.3 Å². The van der Waals surface area contributed by atoms with Crippen LogP contribution in [0.4, 0.5) is 5.69 Å². The smallest absolute Gasteiger partial charge is 0.343 e. The van der Waals surface area contributed by atoms with Gasteiger partial charge in [-0.3, -0.25) is 10.1 Å². The Bertz CT molecular complexity index is 1650. The third kappa shape index (κ3) is 5.88. The summed E-state index contributed by atoms with van der Waals surface area (Å²) in [4.78, 5) is 32.6. The van der Waals surface area contributed by atoms with Gasteiger partial charge in [-0.05, 0) is 53.6 Å². The second kappa shape index (κ2) is 11.1. The third-order valence-electron chi connectivity index (χ3n) is 5.57. The number of fused-ring (bicyclic) bond motifs is 1. The van der Waals surface area contributed by atoms with Crippen molar-refractivity contribution in [3.05, 3.63) is 136 Å². The van der Waals surface area contributed by atoms with E-state index in [1.165, 1.54) is 12.1 Å². The fourth-order valence-electron chi connectivity index (χ4n) is 3.72. The molecule has 0 atom stereocenters. The molecule has 1 heterocycles. The molecule has 186 valence electrons. The first kappa shape index (κ1) is 24.3. The highest BCUT2D eigenvalue weighted by atomic mass is 16.6. The van der Waals surface area contributed by atoms with Gasteiger partial charge in [-0.25, -0.2) is 14.8 Å². The van der Waals surface area contributed by atoms with Gasteiger partial charge in [-0.1, -0.05) is 60.7 Å². The molecule has 0 bridgehead atoms. The molecular formula is C30H21N3O5. The number of nitrogens with zero attached hydrogens (tertiary/aromatic N) is 3. The van der Waals surface area contributed by atoms with Gasteiger partial charge >= 0.3 is 5.97 Å². The molecule has 0 saturated carbocycles. The minimum atomic E-state index is -0.468. The van der Waals surface area contributed by atoms with E-state index in [4.69, 9.17) is 9.47 Å². The number of hydrogen-bond donors (Lipinski definition) is 0. The molecular weight excluding hydrogens is 482 g/mol. The van der Waals surface area contributed by atoms with Crippen molar-refractivity contribution in [3.63, 3.8) is 0 Å². The Kier molecular flexibility index (Phi) is 7.13. The summed E-state index contributed by atoms with van der Waals surface area (Å²) < 4.78 is 11.5. The van der Waals surface area contributed by atoms with Gasteiger partial charge in [0, 0.05) is 12.1 Å². The van der Waals surface area contributed by atoms with E-state index in [0.717, 1.165) is 5.56 Å². The highest BCUT2D eigenvalue weighted by molar-refractivity contribution is 5.91. The highest BCUT2D eigenvalue weighted by Crippen LogP contribution is 2.23. The highest BCUT2D eigenvalue weighted by Gasteiger charge is 2.12. The van der Waals surface area contributed by atoms with Crippen LogP contribution in [0.3, 0.4) is 0 Å². The van der Waals surface area contributed by atoms with Gasteiger partial charge < -0.3 is 9.47 Å². The zero-order valence-corrected chi connectivity index (χ0v) is 20.1. The largest absolute Gasteiger partial charge is 0.471 e. The lowest BCUT2D eigenvalue weighted by molar-refractivity contribution is -0.384. The first-order valence-electron chi connectivity index (χ1n) is 11.7. The summed E-state index contributed by atoms with van der Waals surface area (Å²) in [5.41, 5.74) is 3.60. The van der Waals surface area contributed by atoms with Crippen LogP contribution >= 0.6 is 0 Å². The van der Waals surface area contributed by atoms with E-state index in [1.807, 2.05) is 36.4 Å². The molecule has 0 aliphatic rings. The quantitative estimate of drug-likeness (QED) is 0.103. The summed E-state index contributed by atoms with van der Waals surface area (Å²) >= 11 is 0. The van der Waals surface area contributed by atoms with E-state index in [1.54, 1.807) is 66.7 Å². The number of hydrogen-bond acceptors (Lipinski definition) is 7. The van der Waals surface area contributed by atoms with Gasteiger partial charge in [0.15, 0.2) is 0 Å². The molecule has 8 nitrogen and oxygen atoms in total. The van der Waals surface area contributed by atoms with Gasteiger partial charge in [0.1, 0.15) is 18.1 Å². The molecule has 0 amide bonds. The van der Waals surface area contributed by atoms with E-state index in [2.05, 4.69) is 9.97 Å². The molecule has 0 aliphatic heterocycles. The molecule has 4 aromatic carbocycles. The Hall–Kier alpha value is -5.37. The summed E-state index contributed by atoms with van der Waals surface area (Å²) in [6.45, 7) is 0.136.